The smallest absolute Gasteiger partial charge is 0.279 e. The highest BCUT2D eigenvalue weighted by Gasteiger charge is 2.12. The molecule has 5 nitrogen and oxygen atoms in total. The third-order valence-electron chi connectivity index (χ3n) is 2.50. The number of nitrogens with zero attached hydrogens (tertiary/aromatic N) is 2. The molecule has 1 rings (SSSR count). The second kappa shape index (κ2) is 6.06. The van der Waals surface area contributed by atoms with E-state index in [0.717, 1.165) is 6.04 Å². The molecular weight excluding hydrogens is 248 g/mol. The highest BCUT2D eigenvalue weighted by atomic mass is 28.3. The minimum atomic E-state index is -1.12. The first kappa shape index (κ1) is 14.8. The standard InChI is InChI=1S/C12H20N2O3Si/c1-10(15)11-5-6-13-14(12(11)16)9-17-7-8-18(2,3)4/h5-6H,7-9H2,1-4H3. The molecule has 100 valence electrons. The predicted octanol–water partition coefficient (Wildman–Crippen LogP) is 1.76. The summed E-state index contributed by atoms with van der Waals surface area (Å²) < 4.78 is 6.62. The zero-order valence-electron chi connectivity index (χ0n) is 11.4. The van der Waals surface area contributed by atoms with Crippen molar-refractivity contribution in [1.82, 2.24) is 9.78 Å². The molecule has 0 aliphatic carbocycles. The van der Waals surface area contributed by atoms with Gasteiger partial charge >= 0.3 is 0 Å². The third kappa shape index (κ3) is 4.54. The lowest BCUT2D eigenvalue weighted by molar-refractivity contribution is 0.0744. The van der Waals surface area contributed by atoms with E-state index in [4.69, 9.17) is 4.74 Å². The first-order chi connectivity index (χ1) is 8.31. The van der Waals surface area contributed by atoms with E-state index in [1.165, 1.54) is 23.9 Å². The predicted molar refractivity (Wildman–Crippen MR) is 72.6 cm³/mol. The van der Waals surface area contributed by atoms with Gasteiger partial charge in [0, 0.05) is 20.9 Å². The van der Waals surface area contributed by atoms with Gasteiger partial charge in [-0.25, -0.2) is 4.68 Å². The zero-order chi connectivity index (χ0) is 13.8. The molecule has 0 radical (unpaired) electrons. The molecule has 18 heavy (non-hydrogen) atoms. The van der Waals surface area contributed by atoms with E-state index in [-0.39, 0.29) is 18.1 Å². The van der Waals surface area contributed by atoms with E-state index >= 15 is 0 Å². The summed E-state index contributed by atoms with van der Waals surface area (Å²) in [6.07, 6.45) is 1.44. The van der Waals surface area contributed by atoms with Crippen molar-refractivity contribution in [3.8, 4) is 0 Å². The number of ketones is 1. The number of hydrogen-bond donors (Lipinski definition) is 0. The Kier molecular flexibility index (Phi) is 4.98. The number of aromatic nitrogens is 2. The average Bonchev–Trinajstić information content (AvgIpc) is 2.24. The van der Waals surface area contributed by atoms with Gasteiger partial charge in [-0.05, 0) is 19.0 Å². The van der Waals surface area contributed by atoms with Crippen LogP contribution in [-0.4, -0.2) is 30.2 Å². The van der Waals surface area contributed by atoms with Crippen molar-refractivity contribution in [3.63, 3.8) is 0 Å². The summed E-state index contributed by atoms with van der Waals surface area (Å²) in [6, 6.07) is 2.47. The number of Topliss-reactive ketones (excluding diaryl/α,β-unsaturated/α-hetero) is 1. The fourth-order valence-electron chi connectivity index (χ4n) is 1.34. The maximum atomic E-state index is 11.8. The van der Waals surface area contributed by atoms with Crippen molar-refractivity contribution >= 4 is 13.9 Å². The van der Waals surface area contributed by atoms with Gasteiger partial charge < -0.3 is 4.74 Å². The van der Waals surface area contributed by atoms with Gasteiger partial charge in [0.25, 0.3) is 5.56 Å². The summed E-state index contributed by atoms with van der Waals surface area (Å²) >= 11 is 0. The van der Waals surface area contributed by atoms with E-state index in [2.05, 4.69) is 24.7 Å². The van der Waals surface area contributed by atoms with Crippen LogP contribution in [0.5, 0.6) is 0 Å². The fraction of sp³-hybridized carbons (Fsp3) is 0.583. The molecule has 0 bridgehead atoms. The molecule has 0 saturated carbocycles. The van der Waals surface area contributed by atoms with Gasteiger partial charge in [-0.2, -0.15) is 5.10 Å². The molecule has 0 aromatic carbocycles. The Morgan fingerprint density at radius 1 is 1.44 bits per heavy atom. The first-order valence-corrected chi connectivity index (χ1v) is 9.67. The van der Waals surface area contributed by atoms with Crippen LogP contribution in [0.4, 0.5) is 0 Å². The lowest BCUT2D eigenvalue weighted by Gasteiger charge is -2.15. The Morgan fingerprint density at radius 3 is 2.67 bits per heavy atom. The van der Waals surface area contributed by atoms with Gasteiger partial charge in [-0.1, -0.05) is 19.6 Å². The summed E-state index contributed by atoms with van der Waals surface area (Å²) in [5.41, 5.74) is -0.239. The highest BCUT2D eigenvalue weighted by Crippen LogP contribution is 2.07. The lowest BCUT2D eigenvalue weighted by atomic mass is 10.2. The highest BCUT2D eigenvalue weighted by molar-refractivity contribution is 6.76. The average molecular weight is 268 g/mol. The van der Waals surface area contributed by atoms with Crippen molar-refractivity contribution in [2.75, 3.05) is 6.61 Å². The van der Waals surface area contributed by atoms with Crippen LogP contribution < -0.4 is 5.56 Å². The number of ether oxygens (including phenoxy) is 1. The van der Waals surface area contributed by atoms with Crippen LogP contribution in [0.2, 0.25) is 25.7 Å². The van der Waals surface area contributed by atoms with E-state index < -0.39 is 13.6 Å². The Morgan fingerprint density at radius 2 is 2.11 bits per heavy atom. The minimum absolute atomic E-state index is 0.102. The summed E-state index contributed by atoms with van der Waals surface area (Å²) in [5.74, 6) is -0.252. The van der Waals surface area contributed by atoms with Gasteiger partial charge in [-0.3, -0.25) is 9.59 Å². The molecule has 0 spiro atoms. The molecule has 0 saturated heterocycles. The van der Waals surface area contributed by atoms with E-state index in [1.807, 2.05) is 0 Å². The van der Waals surface area contributed by atoms with Crippen molar-refractivity contribution < 1.29 is 9.53 Å². The number of rotatable bonds is 6. The number of hydrogen-bond acceptors (Lipinski definition) is 4. The van der Waals surface area contributed by atoms with Gasteiger partial charge in [0.15, 0.2) is 5.78 Å². The molecule has 1 heterocycles. The molecule has 0 N–H and O–H groups in total. The number of carbonyl (C=O) groups is 1. The van der Waals surface area contributed by atoms with Gasteiger partial charge in [-0.15, -0.1) is 0 Å². The summed E-state index contributed by atoms with van der Waals surface area (Å²) in [4.78, 5) is 23.0. The Bertz CT molecular complexity index is 477. The van der Waals surface area contributed by atoms with E-state index in [0.29, 0.717) is 6.61 Å². The van der Waals surface area contributed by atoms with Crippen LogP contribution >= 0.6 is 0 Å². The van der Waals surface area contributed by atoms with Crippen LogP contribution in [0.1, 0.15) is 17.3 Å². The topological polar surface area (TPSA) is 61.2 Å². The van der Waals surface area contributed by atoms with Gasteiger partial charge in [0.1, 0.15) is 6.73 Å². The third-order valence-corrected chi connectivity index (χ3v) is 4.21. The molecular formula is C12H20N2O3Si. The molecule has 1 aromatic rings. The van der Waals surface area contributed by atoms with Crippen molar-refractivity contribution in [2.24, 2.45) is 0 Å². The summed E-state index contributed by atoms with van der Waals surface area (Å²) in [5, 5.41) is 3.89. The molecule has 0 amide bonds. The van der Waals surface area contributed by atoms with Crippen LogP contribution in [0.15, 0.2) is 17.1 Å². The minimum Gasteiger partial charge on any atom is -0.359 e. The Balaban J connectivity index is 2.61. The molecule has 0 aliphatic rings. The Labute approximate surface area is 108 Å². The van der Waals surface area contributed by atoms with Crippen molar-refractivity contribution in [2.45, 2.75) is 39.3 Å². The van der Waals surface area contributed by atoms with Crippen LogP contribution in [0.3, 0.4) is 0 Å². The fourth-order valence-corrected chi connectivity index (χ4v) is 2.10. The largest absolute Gasteiger partial charge is 0.359 e. The Hall–Kier alpha value is -1.27. The van der Waals surface area contributed by atoms with Gasteiger partial charge in [0.2, 0.25) is 0 Å². The molecule has 0 unspecified atom stereocenters. The molecule has 1 aromatic heterocycles. The second-order valence-electron chi connectivity index (χ2n) is 5.45. The summed E-state index contributed by atoms with van der Waals surface area (Å²) in [6.45, 7) is 8.87. The normalized spacial score (nSPS) is 11.6. The SMILES string of the molecule is CC(=O)c1ccnn(COCC[Si](C)(C)C)c1=O. The molecule has 0 aliphatic heterocycles. The maximum absolute atomic E-state index is 11.8. The lowest BCUT2D eigenvalue weighted by Crippen LogP contribution is -2.29. The maximum Gasteiger partial charge on any atom is 0.279 e. The monoisotopic (exact) mass is 268 g/mol. The number of carbonyl (C=O) groups excluding carboxylic acids is 1. The molecule has 6 heteroatoms. The van der Waals surface area contributed by atoms with Crippen LogP contribution in [-0.2, 0) is 11.5 Å². The van der Waals surface area contributed by atoms with E-state index in [9.17, 15) is 9.59 Å². The summed E-state index contributed by atoms with van der Waals surface area (Å²) in [7, 11) is -1.12. The molecule has 0 fully saturated rings. The second-order valence-corrected chi connectivity index (χ2v) is 11.1. The zero-order valence-corrected chi connectivity index (χ0v) is 12.4. The van der Waals surface area contributed by atoms with E-state index in [1.54, 1.807) is 0 Å². The van der Waals surface area contributed by atoms with Gasteiger partial charge in [0.05, 0.1) is 5.56 Å². The van der Waals surface area contributed by atoms with Crippen molar-refractivity contribution in [3.05, 3.63) is 28.2 Å². The quantitative estimate of drug-likeness (QED) is 0.448. The first-order valence-electron chi connectivity index (χ1n) is 5.96. The van der Waals surface area contributed by atoms with Crippen molar-refractivity contribution in [1.29, 1.82) is 0 Å². The molecule has 0 atom stereocenters. The van der Waals surface area contributed by atoms with Crippen LogP contribution in [0.25, 0.3) is 0 Å². The van der Waals surface area contributed by atoms with Crippen LogP contribution in [0, 0.1) is 0 Å².